The van der Waals surface area contributed by atoms with Gasteiger partial charge < -0.3 is 10.6 Å². The zero-order chi connectivity index (χ0) is 9.97. The minimum Gasteiger partial charge on any atom is -0.367 e. The number of benzene rings is 1. The van der Waals surface area contributed by atoms with E-state index in [9.17, 15) is 4.39 Å². The van der Waals surface area contributed by atoms with Crippen molar-refractivity contribution < 1.29 is 4.39 Å². The molecule has 3 heteroatoms. The minimum atomic E-state index is -0.183. The lowest BCUT2D eigenvalue weighted by molar-refractivity contribution is 0.626. The predicted molar refractivity (Wildman–Crippen MR) is 55.8 cm³/mol. The van der Waals surface area contributed by atoms with Gasteiger partial charge in [0.15, 0.2) is 0 Å². The van der Waals surface area contributed by atoms with Gasteiger partial charge >= 0.3 is 0 Å². The molecule has 0 aliphatic carbocycles. The van der Waals surface area contributed by atoms with Gasteiger partial charge in [-0.1, -0.05) is 0 Å². The predicted octanol–water partition coefficient (Wildman–Crippen LogP) is 1.75. The molecule has 0 aromatic heterocycles. The Labute approximate surface area is 83.5 Å². The van der Waals surface area contributed by atoms with Gasteiger partial charge in [0.25, 0.3) is 0 Å². The van der Waals surface area contributed by atoms with E-state index in [1.54, 1.807) is 0 Å². The van der Waals surface area contributed by atoms with Crippen molar-refractivity contribution >= 4 is 5.69 Å². The fourth-order valence-electron chi connectivity index (χ4n) is 2.05. The number of halogens is 1. The second-order valence-corrected chi connectivity index (χ2v) is 3.70. The summed E-state index contributed by atoms with van der Waals surface area (Å²) in [6, 6.07) is 7.08. The van der Waals surface area contributed by atoms with Crippen molar-refractivity contribution in [1.29, 1.82) is 0 Å². The Balaban J connectivity index is 2.17. The number of anilines is 1. The first-order valence-corrected chi connectivity index (χ1v) is 5.03. The van der Waals surface area contributed by atoms with Gasteiger partial charge in [0.1, 0.15) is 5.82 Å². The lowest BCUT2D eigenvalue weighted by Crippen LogP contribution is -2.35. The lowest BCUT2D eigenvalue weighted by Gasteiger charge is -2.25. The molecule has 2 nitrogen and oxygen atoms in total. The van der Waals surface area contributed by atoms with Crippen molar-refractivity contribution in [3.63, 3.8) is 0 Å². The smallest absolute Gasteiger partial charge is 0.123 e. The average Bonchev–Trinajstić information content (AvgIpc) is 2.67. The van der Waals surface area contributed by atoms with Crippen LogP contribution in [0.15, 0.2) is 24.3 Å². The van der Waals surface area contributed by atoms with Crippen LogP contribution in [0.3, 0.4) is 0 Å². The first-order valence-electron chi connectivity index (χ1n) is 5.03. The van der Waals surface area contributed by atoms with Crippen molar-refractivity contribution in [2.45, 2.75) is 18.9 Å². The summed E-state index contributed by atoms with van der Waals surface area (Å²) in [4.78, 5) is 2.26. The van der Waals surface area contributed by atoms with Crippen LogP contribution in [0, 0.1) is 5.82 Å². The average molecular weight is 194 g/mol. The molecule has 1 saturated heterocycles. The van der Waals surface area contributed by atoms with Crippen LogP contribution >= 0.6 is 0 Å². The van der Waals surface area contributed by atoms with Crippen molar-refractivity contribution in [1.82, 2.24) is 0 Å². The Bertz CT molecular complexity index is 297. The number of nitrogens with zero attached hydrogens (tertiary/aromatic N) is 1. The third-order valence-corrected chi connectivity index (χ3v) is 2.81. The molecule has 1 heterocycles. The highest BCUT2D eigenvalue weighted by molar-refractivity contribution is 5.48. The van der Waals surface area contributed by atoms with Crippen LogP contribution in [0.1, 0.15) is 12.8 Å². The van der Waals surface area contributed by atoms with E-state index >= 15 is 0 Å². The molecule has 1 atom stereocenters. The Hall–Kier alpha value is -1.09. The fourth-order valence-corrected chi connectivity index (χ4v) is 2.05. The molecular weight excluding hydrogens is 179 g/mol. The Kier molecular flexibility index (Phi) is 2.68. The topological polar surface area (TPSA) is 29.3 Å². The van der Waals surface area contributed by atoms with Crippen LogP contribution in [0.4, 0.5) is 10.1 Å². The van der Waals surface area contributed by atoms with E-state index in [0.717, 1.165) is 18.7 Å². The van der Waals surface area contributed by atoms with Crippen LogP contribution in [-0.4, -0.2) is 19.1 Å². The van der Waals surface area contributed by atoms with Crippen molar-refractivity contribution in [3.05, 3.63) is 30.1 Å². The molecule has 0 spiro atoms. The molecule has 1 aromatic carbocycles. The van der Waals surface area contributed by atoms with Gasteiger partial charge in [0.2, 0.25) is 0 Å². The van der Waals surface area contributed by atoms with E-state index in [2.05, 4.69) is 4.90 Å². The summed E-state index contributed by atoms with van der Waals surface area (Å²) in [5, 5.41) is 0. The second-order valence-electron chi connectivity index (χ2n) is 3.70. The summed E-state index contributed by atoms with van der Waals surface area (Å²) in [6.07, 6.45) is 2.33. The van der Waals surface area contributed by atoms with E-state index in [1.165, 1.54) is 18.6 Å². The van der Waals surface area contributed by atoms with Gasteiger partial charge in [0.05, 0.1) is 0 Å². The van der Waals surface area contributed by atoms with Crippen molar-refractivity contribution in [2.75, 3.05) is 18.0 Å². The molecule has 14 heavy (non-hydrogen) atoms. The van der Waals surface area contributed by atoms with Gasteiger partial charge in [-0.05, 0) is 37.1 Å². The van der Waals surface area contributed by atoms with E-state index in [0.29, 0.717) is 12.6 Å². The van der Waals surface area contributed by atoms with Gasteiger partial charge in [-0.25, -0.2) is 4.39 Å². The zero-order valence-corrected chi connectivity index (χ0v) is 8.12. The molecule has 1 fully saturated rings. The highest BCUT2D eigenvalue weighted by Gasteiger charge is 2.22. The highest BCUT2D eigenvalue weighted by atomic mass is 19.1. The molecule has 0 saturated carbocycles. The summed E-state index contributed by atoms with van der Waals surface area (Å²) in [5.41, 5.74) is 6.76. The SMILES string of the molecule is NC[C@H]1CCCN1c1ccc(F)cc1. The molecule has 2 rings (SSSR count). The molecule has 0 bridgehead atoms. The number of nitrogens with two attached hydrogens (primary N) is 1. The number of hydrogen-bond acceptors (Lipinski definition) is 2. The Morgan fingerprint density at radius 2 is 2.07 bits per heavy atom. The zero-order valence-electron chi connectivity index (χ0n) is 8.12. The molecule has 1 aliphatic rings. The third-order valence-electron chi connectivity index (χ3n) is 2.81. The maximum Gasteiger partial charge on any atom is 0.123 e. The van der Waals surface area contributed by atoms with E-state index in [1.807, 2.05) is 12.1 Å². The summed E-state index contributed by atoms with van der Waals surface area (Å²) < 4.78 is 12.7. The van der Waals surface area contributed by atoms with Gasteiger partial charge in [-0.2, -0.15) is 0 Å². The Morgan fingerprint density at radius 1 is 1.36 bits per heavy atom. The molecule has 0 amide bonds. The molecular formula is C11H15FN2. The van der Waals surface area contributed by atoms with Gasteiger partial charge in [-0.3, -0.25) is 0 Å². The Morgan fingerprint density at radius 3 is 2.71 bits per heavy atom. The number of rotatable bonds is 2. The lowest BCUT2D eigenvalue weighted by atomic mass is 10.2. The molecule has 76 valence electrons. The fraction of sp³-hybridized carbons (Fsp3) is 0.455. The maximum absolute atomic E-state index is 12.7. The first-order chi connectivity index (χ1) is 6.81. The molecule has 1 aromatic rings. The van der Waals surface area contributed by atoms with Crippen molar-refractivity contribution in [3.8, 4) is 0 Å². The number of hydrogen-bond donors (Lipinski definition) is 1. The summed E-state index contributed by atoms with van der Waals surface area (Å²) >= 11 is 0. The van der Waals surface area contributed by atoms with Crippen LogP contribution in [0.2, 0.25) is 0 Å². The minimum absolute atomic E-state index is 0.183. The van der Waals surface area contributed by atoms with E-state index < -0.39 is 0 Å². The van der Waals surface area contributed by atoms with Crippen LogP contribution in [0.25, 0.3) is 0 Å². The summed E-state index contributed by atoms with van der Waals surface area (Å²) in [7, 11) is 0. The largest absolute Gasteiger partial charge is 0.367 e. The highest BCUT2D eigenvalue weighted by Crippen LogP contribution is 2.24. The standard InChI is InChI=1S/C11H15FN2/c12-9-3-5-10(6-4-9)14-7-1-2-11(14)8-13/h3-6,11H,1-2,7-8,13H2/t11-/m1/s1. The normalized spacial score (nSPS) is 21.6. The van der Waals surface area contributed by atoms with E-state index in [4.69, 9.17) is 5.73 Å². The van der Waals surface area contributed by atoms with Gasteiger partial charge in [-0.15, -0.1) is 0 Å². The van der Waals surface area contributed by atoms with E-state index in [-0.39, 0.29) is 5.82 Å². The first kappa shape index (κ1) is 9.46. The van der Waals surface area contributed by atoms with Crippen LogP contribution in [0.5, 0.6) is 0 Å². The molecule has 0 radical (unpaired) electrons. The monoisotopic (exact) mass is 194 g/mol. The summed E-state index contributed by atoms with van der Waals surface area (Å²) in [5.74, 6) is -0.183. The molecule has 2 N–H and O–H groups in total. The van der Waals surface area contributed by atoms with Gasteiger partial charge in [0, 0.05) is 24.8 Å². The molecule has 1 aliphatic heterocycles. The van der Waals surface area contributed by atoms with Crippen LogP contribution < -0.4 is 10.6 Å². The summed E-state index contributed by atoms with van der Waals surface area (Å²) in [6.45, 7) is 1.71. The third kappa shape index (κ3) is 1.73. The van der Waals surface area contributed by atoms with Crippen LogP contribution in [-0.2, 0) is 0 Å². The van der Waals surface area contributed by atoms with Crippen molar-refractivity contribution in [2.24, 2.45) is 5.73 Å². The maximum atomic E-state index is 12.7. The second kappa shape index (κ2) is 3.96. The molecule has 0 unspecified atom stereocenters. The quantitative estimate of drug-likeness (QED) is 0.777.